The molecule has 0 aliphatic heterocycles. The van der Waals surface area contributed by atoms with Crippen molar-refractivity contribution in [2.45, 2.75) is 25.7 Å². The molecule has 0 aliphatic rings. The van der Waals surface area contributed by atoms with Crippen molar-refractivity contribution < 1.29 is 22.4 Å². The Morgan fingerprint density at radius 2 is 2.15 bits per heavy atom. The number of rotatable bonds is 4. The van der Waals surface area contributed by atoms with E-state index in [1.54, 1.807) is 6.07 Å². The highest BCUT2D eigenvalue weighted by atomic mass is 19.4. The summed E-state index contributed by atoms with van der Waals surface area (Å²) in [6, 6.07) is 4.58. The second kappa shape index (κ2) is 5.49. The maximum atomic E-state index is 12.2. The van der Waals surface area contributed by atoms with Gasteiger partial charge in [-0.1, -0.05) is 24.2 Å². The normalized spacial score (nSPS) is 13.2. The van der Waals surface area contributed by atoms with Crippen LogP contribution in [0.1, 0.15) is 30.2 Å². The van der Waals surface area contributed by atoms with Crippen LogP contribution in [0.25, 0.3) is 0 Å². The molecule has 1 heterocycles. The van der Waals surface area contributed by atoms with E-state index >= 15 is 0 Å². The van der Waals surface area contributed by atoms with Gasteiger partial charge in [0.25, 0.3) is 0 Å². The maximum Gasteiger partial charge on any atom is 0.573 e. The average Bonchev–Trinajstić information content (AvgIpc) is 2.85. The fourth-order valence-corrected chi connectivity index (χ4v) is 1.59. The van der Waals surface area contributed by atoms with Crippen LogP contribution in [0.15, 0.2) is 28.8 Å². The molecule has 0 bridgehead atoms. The van der Waals surface area contributed by atoms with Gasteiger partial charge in [-0.15, -0.1) is 13.2 Å². The van der Waals surface area contributed by atoms with Gasteiger partial charge in [0.1, 0.15) is 5.75 Å². The molecular weight excluding hydrogens is 275 g/mol. The molecule has 2 rings (SSSR count). The van der Waals surface area contributed by atoms with Crippen molar-refractivity contribution in [1.29, 1.82) is 0 Å². The van der Waals surface area contributed by atoms with Crippen LogP contribution in [0.2, 0.25) is 0 Å². The molecule has 0 saturated carbocycles. The Balaban J connectivity index is 2.21. The molecule has 108 valence electrons. The second-order valence-electron chi connectivity index (χ2n) is 4.00. The van der Waals surface area contributed by atoms with Crippen LogP contribution < -0.4 is 10.5 Å². The summed E-state index contributed by atoms with van der Waals surface area (Å²) in [4.78, 5) is 4.04. The Morgan fingerprint density at radius 1 is 1.40 bits per heavy atom. The summed E-state index contributed by atoms with van der Waals surface area (Å²) in [6.07, 6.45) is -4.19. The predicted octanol–water partition coefficient (Wildman–Crippen LogP) is 2.58. The molecule has 1 atom stereocenters. The van der Waals surface area contributed by atoms with E-state index in [0.717, 1.165) is 0 Å². The highest BCUT2D eigenvalue weighted by molar-refractivity contribution is 5.33. The lowest BCUT2D eigenvalue weighted by molar-refractivity contribution is -0.274. The summed E-state index contributed by atoms with van der Waals surface area (Å²) in [6.45, 7) is 1.83. The SMILES string of the molecule is CCc1nc(C(N)c2cccc(OC(F)(F)F)c2)no1. The number of nitrogens with two attached hydrogens (primary N) is 1. The highest BCUT2D eigenvalue weighted by Crippen LogP contribution is 2.26. The van der Waals surface area contributed by atoms with E-state index in [0.29, 0.717) is 17.9 Å². The minimum atomic E-state index is -4.75. The summed E-state index contributed by atoms with van der Waals surface area (Å²) >= 11 is 0. The topological polar surface area (TPSA) is 74.2 Å². The molecule has 8 heteroatoms. The number of benzene rings is 1. The molecule has 0 spiro atoms. The van der Waals surface area contributed by atoms with Crippen LogP contribution in [-0.4, -0.2) is 16.5 Å². The van der Waals surface area contributed by atoms with Crippen molar-refractivity contribution in [3.05, 3.63) is 41.5 Å². The molecule has 0 saturated heterocycles. The summed E-state index contributed by atoms with van der Waals surface area (Å²) in [5.74, 6) is 0.286. The number of aromatic nitrogens is 2. The zero-order chi connectivity index (χ0) is 14.8. The number of aryl methyl sites for hydroxylation is 1. The Labute approximate surface area is 112 Å². The molecule has 1 aromatic carbocycles. The molecule has 0 fully saturated rings. The van der Waals surface area contributed by atoms with Gasteiger partial charge in [-0.2, -0.15) is 4.98 Å². The standard InChI is InChI=1S/C12H12F3N3O2/c1-2-9-17-11(18-20-9)10(16)7-4-3-5-8(6-7)19-12(13,14)15/h3-6,10H,2,16H2,1H3. The van der Waals surface area contributed by atoms with E-state index in [4.69, 9.17) is 10.3 Å². The van der Waals surface area contributed by atoms with E-state index < -0.39 is 12.4 Å². The lowest BCUT2D eigenvalue weighted by atomic mass is 10.1. The third kappa shape index (κ3) is 3.47. The third-order valence-electron chi connectivity index (χ3n) is 2.52. The van der Waals surface area contributed by atoms with Gasteiger partial charge in [-0.05, 0) is 17.7 Å². The van der Waals surface area contributed by atoms with Crippen LogP contribution in [-0.2, 0) is 6.42 Å². The number of alkyl halides is 3. The molecule has 0 amide bonds. The number of ether oxygens (including phenoxy) is 1. The Hall–Kier alpha value is -2.09. The van der Waals surface area contributed by atoms with E-state index in [1.165, 1.54) is 18.2 Å². The Morgan fingerprint density at radius 3 is 2.75 bits per heavy atom. The molecule has 0 aliphatic carbocycles. The monoisotopic (exact) mass is 287 g/mol. The molecule has 20 heavy (non-hydrogen) atoms. The van der Waals surface area contributed by atoms with Crippen LogP contribution in [0.4, 0.5) is 13.2 Å². The molecule has 1 unspecified atom stereocenters. The van der Waals surface area contributed by atoms with Crippen molar-refractivity contribution in [1.82, 2.24) is 10.1 Å². The quantitative estimate of drug-likeness (QED) is 0.935. The number of halogens is 3. The number of nitrogens with zero attached hydrogens (tertiary/aromatic N) is 2. The average molecular weight is 287 g/mol. The zero-order valence-electron chi connectivity index (χ0n) is 10.5. The number of hydrogen-bond donors (Lipinski definition) is 1. The summed E-state index contributed by atoms with van der Waals surface area (Å²) in [5.41, 5.74) is 6.29. The first-order valence-corrected chi connectivity index (χ1v) is 5.83. The Kier molecular flexibility index (Phi) is 3.93. The van der Waals surface area contributed by atoms with Crippen molar-refractivity contribution in [2.75, 3.05) is 0 Å². The molecule has 5 nitrogen and oxygen atoms in total. The largest absolute Gasteiger partial charge is 0.573 e. The molecule has 1 aromatic heterocycles. The van der Waals surface area contributed by atoms with Gasteiger partial charge in [0.2, 0.25) is 5.89 Å². The smallest absolute Gasteiger partial charge is 0.406 e. The Bertz CT molecular complexity index is 583. The predicted molar refractivity (Wildman–Crippen MR) is 62.8 cm³/mol. The van der Waals surface area contributed by atoms with Crippen LogP contribution in [0.3, 0.4) is 0 Å². The number of hydrogen-bond acceptors (Lipinski definition) is 5. The van der Waals surface area contributed by atoms with Crippen molar-refractivity contribution in [2.24, 2.45) is 5.73 Å². The first-order valence-electron chi connectivity index (χ1n) is 5.83. The summed E-state index contributed by atoms with van der Waals surface area (Å²) < 4.78 is 45.2. The van der Waals surface area contributed by atoms with Crippen molar-refractivity contribution in [3.63, 3.8) is 0 Å². The van der Waals surface area contributed by atoms with Crippen molar-refractivity contribution >= 4 is 0 Å². The van der Waals surface area contributed by atoms with Crippen molar-refractivity contribution in [3.8, 4) is 5.75 Å². The van der Waals surface area contributed by atoms with E-state index in [-0.39, 0.29) is 11.6 Å². The fourth-order valence-electron chi connectivity index (χ4n) is 1.59. The first kappa shape index (κ1) is 14.3. The minimum absolute atomic E-state index is 0.214. The van der Waals surface area contributed by atoms with E-state index in [1.807, 2.05) is 6.92 Å². The first-order chi connectivity index (χ1) is 9.39. The fraction of sp³-hybridized carbons (Fsp3) is 0.333. The van der Waals surface area contributed by atoms with Gasteiger partial charge in [0.15, 0.2) is 5.82 Å². The van der Waals surface area contributed by atoms with E-state index in [9.17, 15) is 13.2 Å². The third-order valence-corrected chi connectivity index (χ3v) is 2.52. The molecular formula is C12H12F3N3O2. The molecule has 2 N–H and O–H groups in total. The lowest BCUT2D eigenvalue weighted by Crippen LogP contribution is -2.18. The minimum Gasteiger partial charge on any atom is -0.406 e. The molecule has 0 radical (unpaired) electrons. The maximum absolute atomic E-state index is 12.2. The van der Waals surface area contributed by atoms with Gasteiger partial charge in [-0.3, -0.25) is 0 Å². The van der Waals surface area contributed by atoms with Crippen LogP contribution in [0.5, 0.6) is 5.75 Å². The van der Waals surface area contributed by atoms with Gasteiger partial charge < -0.3 is 15.0 Å². The van der Waals surface area contributed by atoms with E-state index in [2.05, 4.69) is 14.9 Å². The van der Waals surface area contributed by atoms with Gasteiger partial charge in [0, 0.05) is 6.42 Å². The van der Waals surface area contributed by atoms with Gasteiger partial charge >= 0.3 is 6.36 Å². The molecule has 2 aromatic rings. The van der Waals surface area contributed by atoms with Gasteiger partial charge in [-0.25, -0.2) is 0 Å². The summed E-state index contributed by atoms with van der Waals surface area (Å²) in [5, 5.41) is 3.69. The lowest BCUT2D eigenvalue weighted by Gasteiger charge is -2.12. The summed E-state index contributed by atoms with van der Waals surface area (Å²) in [7, 11) is 0. The van der Waals surface area contributed by atoms with Crippen LogP contribution >= 0.6 is 0 Å². The second-order valence-corrected chi connectivity index (χ2v) is 4.00. The zero-order valence-corrected chi connectivity index (χ0v) is 10.5. The van der Waals surface area contributed by atoms with Gasteiger partial charge in [0.05, 0.1) is 6.04 Å². The highest BCUT2D eigenvalue weighted by Gasteiger charge is 2.31. The van der Waals surface area contributed by atoms with Crippen LogP contribution in [0, 0.1) is 0 Å².